The van der Waals surface area contributed by atoms with Crippen molar-refractivity contribution in [3.05, 3.63) is 94.0 Å². The molecule has 4 nitrogen and oxygen atoms in total. The number of hydrogen-bond donors (Lipinski definition) is 1. The van der Waals surface area contributed by atoms with Crippen LogP contribution >= 0.6 is 0 Å². The molecular formula is C28H29NO3. The van der Waals surface area contributed by atoms with Gasteiger partial charge in [-0.15, -0.1) is 0 Å². The SMILES string of the molecule is COc1ccc2c(c1)[C@@H](c1ccc(C)c(C)c1)[C@@H]1CCc3ccccc3[C@]1(NC(C)=O)O2. The number of methoxy groups -OCH3 is 1. The van der Waals surface area contributed by atoms with E-state index in [9.17, 15) is 4.79 Å². The number of carbonyl (C=O) groups is 1. The highest BCUT2D eigenvalue weighted by Crippen LogP contribution is 2.56. The first-order valence-corrected chi connectivity index (χ1v) is 11.2. The van der Waals surface area contributed by atoms with Gasteiger partial charge >= 0.3 is 0 Å². The topological polar surface area (TPSA) is 47.6 Å². The van der Waals surface area contributed by atoms with Gasteiger partial charge in [-0.2, -0.15) is 0 Å². The van der Waals surface area contributed by atoms with Gasteiger partial charge in [-0.25, -0.2) is 0 Å². The summed E-state index contributed by atoms with van der Waals surface area (Å²) in [5, 5.41) is 3.26. The molecule has 2 aliphatic rings. The largest absolute Gasteiger partial charge is 0.497 e. The highest BCUT2D eigenvalue weighted by molar-refractivity contribution is 5.74. The van der Waals surface area contributed by atoms with E-state index in [1.807, 2.05) is 18.2 Å². The summed E-state index contributed by atoms with van der Waals surface area (Å²) in [4.78, 5) is 12.5. The van der Waals surface area contributed by atoms with E-state index >= 15 is 0 Å². The first-order valence-electron chi connectivity index (χ1n) is 11.2. The molecule has 1 amide bonds. The van der Waals surface area contributed by atoms with Crippen LogP contribution in [0, 0.1) is 19.8 Å². The molecule has 32 heavy (non-hydrogen) atoms. The van der Waals surface area contributed by atoms with E-state index in [1.165, 1.54) is 22.3 Å². The molecule has 1 aliphatic heterocycles. The molecule has 3 aromatic carbocycles. The lowest BCUT2D eigenvalue weighted by atomic mass is 9.65. The Morgan fingerprint density at radius 3 is 2.62 bits per heavy atom. The molecular weight excluding hydrogens is 398 g/mol. The summed E-state index contributed by atoms with van der Waals surface area (Å²) in [6.07, 6.45) is 1.86. The quantitative estimate of drug-likeness (QED) is 0.610. The van der Waals surface area contributed by atoms with Crippen molar-refractivity contribution in [1.82, 2.24) is 5.32 Å². The summed E-state index contributed by atoms with van der Waals surface area (Å²) in [6, 6.07) is 21.0. The summed E-state index contributed by atoms with van der Waals surface area (Å²) in [6.45, 7) is 5.86. The molecule has 1 heterocycles. The molecule has 1 N–H and O–H groups in total. The molecule has 0 saturated carbocycles. The number of nitrogens with one attached hydrogen (secondary N) is 1. The Morgan fingerprint density at radius 2 is 1.88 bits per heavy atom. The second-order valence-corrected chi connectivity index (χ2v) is 9.05. The van der Waals surface area contributed by atoms with Gasteiger partial charge in [0.2, 0.25) is 11.6 Å². The molecule has 0 fully saturated rings. The molecule has 4 heteroatoms. The molecule has 5 rings (SSSR count). The second kappa shape index (κ2) is 7.70. The van der Waals surface area contributed by atoms with E-state index in [-0.39, 0.29) is 17.7 Å². The van der Waals surface area contributed by atoms with E-state index in [2.05, 4.69) is 61.6 Å². The molecule has 0 bridgehead atoms. The van der Waals surface area contributed by atoms with Crippen LogP contribution in [0.3, 0.4) is 0 Å². The number of aryl methyl sites for hydroxylation is 3. The van der Waals surface area contributed by atoms with Crippen LogP contribution in [-0.2, 0) is 16.9 Å². The Hall–Kier alpha value is -3.27. The van der Waals surface area contributed by atoms with Crippen molar-refractivity contribution in [2.75, 3.05) is 7.11 Å². The number of fused-ring (bicyclic) bond motifs is 4. The summed E-state index contributed by atoms with van der Waals surface area (Å²) in [7, 11) is 1.69. The number of ether oxygens (including phenoxy) is 2. The molecule has 0 saturated heterocycles. The average Bonchev–Trinajstić information content (AvgIpc) is 2.78. The Morgan fingerprint density at radius 1 is 1.06 bits per heavy atom. The molecule has 3 aromatic rings. The van der Waals surface area contributed by atoms with Gasteiger partial charge in [-0.1, -0.05) is 42.5 Å². The van der Waals surface area contributed by atoms with E-state index in [0.29, 0.717) is 0 Å². The number of rotatable bonds is 3. The molecule has 1 aliphatic carbocycles. The third kappa shape index (κ3) is 3.17. The summed E-state index contributed by atoms with van der Waals surface area (Å²) in [5.74, 6) is 1.61. The van der Waals surface area contributed by atoms with Gasteiger partial charge in [-0.05, 0) is 67.1 Å². The predicted molar refractivity (Wildman–Crippen MR) is 125 cm³/mol. The fourth-order valence-electron chi connectivity index (χ4n) is 5.54. The van der Waals surface area contributed by atoms with Crippen molar-refractivity contribution in [3.8, 4) is 11.5 Å². The molecule has 3 atom stereocenters. The smallest absolute Gasteiger partial charge is 0.220 e. The van der Waals surface area contributed by atoms with Gasteiger partial charge < -0.3 is 14.8 Å². The fourth-order valence-corrected chi connectivity index (χ4v) is 5.54. The Bertz CT molecular complexity index is 1200. The van der Waals surface area contributed by atoms with E-state index in [0.717, 1.165) is 35.5 Å². The van der Waals surface area contributed by atoms with E-state index in [1.54, 1.807) is 14.0 Å². The van der Waals surface area contributed by atoms with Crippen LogP contribution in [-0.4, -0.2) is 13.0 Å². The minimum absolute atomic E-state index is 0.0445. The lowest BCUT2D eigenvalue weighted by molar-refractivity contribution is -0.132. The van der Waals surface area contributed by atoms with Crippen molar-refractivity contribution >= 4 is 5.91 Å². The zero-order chi connectivity index (χ0) is 22.5. The second-order valence-electron chi connectivity index (χ2n) is 9.05. The Balaban J connectivity index is 1.79. The molecule has 0 aromatic heterocycles. The fraction of sp³-hybridized carbons (Fsp3) is 0.321. The summed E-state index contributed by atoms with van der Waals surface area (Å²) >= 11 is 0. The van der Waals surface area contributed by atoms with Gasteiger partial charge in [0.15, 0.2) is 0 Å². The van der Waals surface area contributed by atoms with Crippen LogP contribution in [0.25, 0.3) is 0 Å². The number of hydrogen-bond acceptors (Lipinski definition) is 3. The lowest BCUT2D eigenvalue weighted by Gasteiger charge is -2.52. The highest BCUT2D eigenvalue weighted by Gasteiger charge is 2.54. The standard InChI is InChI=1S/C28H29NO3/c1-17-9-10-21(15-18(17)2)27-23-16-22(31-4)12-14-26(23)32-28(29-19(3)30)24-8-6-5-7-20(24)11-13-25(27)28/h5-10,12,14-16,25,27H,11,13H2,1-4H3,(H,29,30)/t25-,27+,28-/m0/s1. The number of benzene rings is 3. The first kappa shape index (κ1) is 20.6. The molecule has 0 radical (unpaired) electrons. The van der Waals surface area contributed by atoms with Crippen molar-refractivity contribution < 1.29 is 14.3 Å². The summed E-state index contributed by atoms with van der Waals surface area (Å²) in [5.41, 5.74) is 6.26. The van der Waals surface area contributed by atoms with Gasteiger partial charge in [0.05, 0.1) is 7.11 Å². The van der Waals surface area contributed by atoms with Crippen molar-refractivity contribution in [2.45, 2.75) is 45.3 Å². The van der Waals surface area contributed by atoms with Crippen LogP contribution in [0.5, 0.6) is 11.5 Å². The predicted octanol–water partition coefficient (Wildman–Crippen LogP) is 5.39. The monoisotopic (exact) mass is 427 g/mol. The minimum Gasteiger partial charge on any atom is -0.497 e. The van der Waals surface area contributed by atoms with Crippen molar-refractivity contribution in [1.29, 1.82) is 0 Å². The molecule has 0 unspecified atom stereocenters. The third-order valence-corrected chi connectivity index (χ3v) is 7.14. The summed E-state index contributed by atoms with van der Waals surface area (Å²) < 4.78 is 12.3. The van der Waals surface area contributed by atoms with Crippen LogP contribution in [0.15, 0.2) is 60.7 Å². The number of carbonyl (C=O) groups excluding carboxylic acids is 1. The maximum atomic E-state index is 12.5. The van der Waals surface area contributed by atoms with Crippen LogP contribution in [0.4, 0.5) is 0 Å². The van der Waals surface area contributed by atoms with Crippen molar-refractivity contribution in [2.24, 2.45) is 5.92 Å². The minimum atomic E-state index is -0.911. The first-order chi connectivity index (χ1) is 15.4. The normalized spacial score (nSPS) is 23.2. The number of amides is 1. The average molecular weight is 428 g/mol. The molecule has 164 valence electrons. The van der Waals surface area contributed by atoms with Gasteiger partial charge in [0.25, 0.3) is 0 Å². The van der Waals surface area contributed by atoms with Crippen LogP contribution in [0.1, 0.15) is 52.6 Å². The highest BCUT2D eigenvalue weighted by atomic mass is 16.5. The van der Waals surface area contributed by atoms with Gasteiger partial charge in [0.1, 0.15) is 11.5 Å². The lowest BCUT2D eigenvalue weighted by Crippen LogP contribution is -2.60. The van der Waals surface area contributed by atoms with Gasteiger partial charge in [0, 0.05) is 29.9 Å². The Kier molecular flexibility index (Phi) is 4.96. The maximum absolute atomic E-state index is 12.5. The Labute approximate surface area is 189 Å². The maximum Gasteiger partial charge on any atom is 0.220 e. The van der Waals surface area contributed by atoms with Crippen LogP contribution in [0.2, 0.25) is 0 Å². The van der Waals surface area contributed by atoms with Gasteiger partial charge in [-0.3, -0.25) is 4.79 Å². The zero-order valence-electron chi connectivity index (χ0n) is 19.1. The van der Waals surface area contributed by atoms with E-state index in [4.69, 9.17) is 9.47 Å². The molecule has 0 spiro atoms. The third-order valence-electron chi connectivity index (χ3n) is 7.14. The van der Waals surface area contributed by atoms with Crippen LogP contribution < -0.4 is 14.8 Å². The van der Waals surface area contributed by atoms with E-state index < -0.39 is 5.72 Å². The van der Waals surface area contributed by atoms with Crippen molar-refractivity contribution in [3.63, 3.8) is 0 Å². The zero-order valence-corrected chi connectivity index (χ0v) is 19.1.